The summed E-state index contributed by atoms with van der Waals surface area (Å²) in [5.41, 5.74) is 3.22. The number of aliphatic hydroxyl groups excluding tert-OH is 1. The Balaban J connectivity index is 1.45. The summed E-state index contributed by atoms with van der Waals surface area (Å²) in [5.74, 6) is -0.00794. The highest BCUT2D eigenvalue weighted by atomic mass is 16.5. The number of hydrogen-bond donors (Lipinski definition) is 4. The molecule has 0 saturated heterocycles. The van der Waals surface area contributed by atoms with E-state index >= 15 is 0 Å². The van der Waals surface area contributed by atoms with Crippen molar-refractivity contribution in [3.8, 4) is 5.75 Å². The molecule has 0 aromatic heterocycles. The van der Waals surface area contributed by atoms with Crippen LogP contribution in [0.1, 0.15) is 68.6 Å². The molecule has 1 fully saturated rings. The zero-order valence-electron chi connectivity index (χ0n) is 26.1. The SMILES string of the molecule is CC(O)[C@H]1C(=O)N[C@H](Cc2ccccc2)C(=O)NCCCc2cccc3c2OC(CC3)CN[C@@H](C2CCCCC2)C(=O)N1C. The molecular formula is C35H48N4O5. The van der Waals surface area contributed by atoms with E-state index in [0.29, 0.717) is 13.1 Å². The summed E-state index contributed by atoms with van der Waals surface area (Å²) < 4.78 is 6.56. The van der Waals surface area contributed by atoms with Crippen LogP contribution in [0.3, 0.4) is 0 Å². The lowest BCUT2D eigenvalue weighted by Crippen LogP contribution is -2.61. The van der Waals surface area contributed by atoms with E-state index < -0.39 is 30.1 Å². The quantitative estimate of drug-likeness (QED) is 0.426. The number of ether oxygens (including phenoxy) is 1. The minimum absolute atomic E-state index is 0.0824. The van der Waals surface area contributed by atoms with Crippen molar-refractivity contribution >= 4 is 17.7 Å². The van der Waals surface area contributed by atoms with Crippen molar-refractivity contribution in [1.82, 2.24) is 20.9 Å². The third-order valence-electron chi connectivity index (χ3n) is 9.48. The molecule has 1 saturated carbocycles. The van der Waals surface area contributed by atoms with Gasteiger partial charge in [0.25, 0.3) is 0 Å². The summed E-state index contributed by atoms with van der Waals surface area (Å²) in [6.45, 7) is 2.48. The molecule has 2 bridgehead atoms. The van der Waals surface area contributed by atoms with E-state index in [-0.39, 0.29) is 30.3 Å². The Morgan fingerprint density at radius 2 is 1.64 bits per heavy atom. The predicted octanol–water partition coefficient (Wildman–Crippen LogP) is 2.92. The molecular weight excluding hydrogens is 556 g/mol. The fourth-order valence-corrected chi connectivity index (χ4v) is 7.06. The Bertz CT molecular complexity index is 1280. The van der Waals surface area contributed by atoms with Crippen LogP contribution in [0.2, 0.25) is 0 Å². The van der Waals surface area contributed by atoms with Gasteiger partial charge in [0.15, 0.2) is 0 Å². The van der Waals surface area contributed by atoms with Gasteiger partial charge in [0, 0.05) is 26.6 Å². The van der Waals surface area contributed by atoms with Crippen molar-refractivity contribution in [2.45, 2.75) is 101 Å². The second-order valence-corrected chi connectivity index (χ2v) is 12.7. The Morgan fingerprint density at radius 3 is 2.36 bits per heavy atom. The standard InChI is InChI=1S/C35H48N4O5/c1-23(40)31-34(42)38-29(21-24-11-5-3-6-12-24)33(41)36-20-10-17-26-15-9-16-27-18-19-28(44-32(26)27)22-37-30(35(43)39(31)2)25-13-7-4-8-14-25/h3,5-6,9,11-12,15-16,23,25,28-31,37,40H,4,7-8,10,13-14,17-22H2,1-2H3,(H,36,41)(H,38,42)/t23?,28?,29-,30+,31+/m1/s1. The number of aliphatic hydroxyl groups is 1. The van der Waals surface area contributed by atoms with Gasteiger partial charge in [-0.2, -0.15) is 0 Å². The number of aryl methyl sites for hydroxylation is 2. The number of rotatable bonds is 4. The van der Waals surface area contributed by atoms with E-state index in [0.717, 1.165) is 74.7 Å². The zero-order chi connectivity index (χ0) is 31.1. The lowest BCUT2D eigenvalue weighted by Gasteiger charge is -2.38. The van der Waals surface area contributed by atoms with Gasteiger partial charge in [-0.3, -0.25) is 14.4 Å². The summed E-state index contributed by atoms with van der Waals surface area (Å²) >= 11 is 0. The predicted molar refractivity (Wildman–Crippen MR) is 169 cm³/mol. The monoisotopic (exact) mass is 604 g/mol. The third-order valence-corrected chi connectivity index (χ3v) is 9.48. The van der Waals surface area contributed by atoms with Crippen molar-refractivity contribution < 1.29 is 24.2 Å². The number of benzene rings is 2. The molecule has 9 heteroatoms. The van der Waals surface area contributed by atoms with Crippen LogP contribution in [0.25, 0.3) is 0 Å². The number of amides is 3. The lowest BCUT2D eigenvalue weighted by molar-refractivity contribution is -0.146. The molecule has 2 aromatic rings. The highest BCUT2D eigenvalue weighted by molar-refractivity contribution is 5.93. The van der Waals surface area contributed by atoms with E-state index in [1.165, 1.54) is 17.4 Å². The molecule has 2 aliphatic heterocycles. The fraction of sp³-hybridized carbons (Fsp3) is 0.571. The topological polar surface area (TPSA) is 120 Å². The first-order chi connectivity index (χ1) is 21.3. The molecule has 44 heavy (non-hydrogen) atoms. The maximum atomic E-state index is 14.2. The minimum Gasteiger partial charge on any atom is -0.489 e. The van der Waals surface area contributed by atoms with E-state index in [4.69, 9.17) is 4.74 Å². The normalized spacial score (nSPS) is 26.9. The van der Waals surface area contributed by atoms with E-state index in [9.17, 15) is 19.5 Å². The van der Waals surface area contributed by atoms with Gasteiger partial charge >= 0.3 is 0 Å². The minimum atomic E-state index is -1.15. The van der Waals surface area contributed by atoms with Gasteiger partial charge in [-0.25, -0.2) is 0 Å². The van der Waals surface area contributed by atoms with Crippen molar-refractivity contribution in [3.05, 3.63) is 65.2 Å². The molecule has 238 valence electrons. The number of carbonyl (C=O) groups excluding carboxylic acids is 3. The number of likely N-dealkylation sites (N-methyl/N-ethyl adjacent to an activating group) is 1. The molecule has 5 rings (SSSR count). The third kappa shape index (κ3) is 7.80. The first-order valence-corrected chi connectivity index (χ1v) is 16.4. The first kappa shape index (κ1) is 32.0. The molecule has 9 nitrogen and oxygen atoms in total. The fourth-order valence-electron chi connectivity index (χ4n) is 7.06. The van der Waals surface area contributed by atoms with Crippen LogP contribution in [0.4, 0.5) is 0 Å². The van der Waals surface area contributed by atoms with E-state index in [1.807, 2.05) is 30.3 Å². The highest BCUT2D eigenvalue weighted by Crippen LogP contribution is 2.33. The maximum Gasteiger partial charge on any atom is 0.246 e. The second-order valence-electron chi connectivity index (χ2n) is 12.7. The van der Waals surface area contributed by atoms with Gasteiger partial charge in [0.1, 0.15) is 23.9 Å². The molecule has 1 aliphatic carbocycles. The molecule has 2 unspecified atom stereocenters. The van der Waals surface area contributed by atoms with Crippen LogP contribution in [0, 0.1) is 5.92 Å². The van der Waals surface area contributed by atoms with Gasteiger partial charge in [-0.05, 0) is 68.1 Å². The number of nitrogens with zero attached hydrogens (tertiary/aromatic N) is 1. The van der Waals surface area contributed by atoms with Crippen LogP contribution in [-0.4, -0.2) is 78.2 Å². The Hall–Kier alpha value is -3.43. The van der Waals surface area contributed by atoms with Crippen molar-refractivity contribution in [2.24, 2.45) is 5.92 Å². The van der Waals surface area contributed by atoms with Crippen LogP contribution >= 0.6 is 0 Å². The van der Waals surface area contributed by atoms with Crippen LogP contribution in [0.15, 0.2) is 48.5 Å². The summed E-state index contributed by atoms with van der Waals surface area (Å²) in [4.78, 5) is 42.8. The number of nitrogens with one attached hydrogen (secondary N) is 3. The average Bonchev–Trinajstić information content (AvgIpc) is 3.03. The molecule has 0 radical (unpaired) electrons. The number of para-hydroxylation sites is 1. The van der Waals surface area contributed by atoms with Gasteiger partial charge in [0.05, 0.1) is 12.1 Å². The molecule has 2 aromatic carbocycles. The summed E-state index contributed by atoms with van der Waals surface area (Å²) in [6, 6.07) is 13.3. The number of hydrogen-bond acceptors (Lipinski definition) is 6. The average molecular weight is 605 g/mol. The van der Waals surface area contributed by atoms with Gasteiger partial charge in [-0.1, -0.05) is 67.8 Å². The number of carbonyl (C=O) groups is 3. The second kappa shape index (κ2) is 15.0. The maximum absolute atomic E-state index is 14.2. The Labute approximate surface area is 261 Å². The molecule has 3 aliphatic rings. The van der Waals surface area contributed by atoms with Crippen LogP contribution in [-0.2, 0) is 33.6 Å². The molecule has 2 heterocycles. The molecule has 0 spiro atoms. The Morgan fingerprint density at radius 1 is 0.909 bits per heavy atom. The molecule has 3 amide bonds. The number of fused-ring (bicyclic) bond motifs is 1. The summed E-state index contributed by atoms with van der Waals surface area (Å²) in [7, 11) is 1.58. The summed E-state index contributed by atoms with van der Waals surface area (Å²) in [5, 5.41) is 20.3. The summed E-state index contributed by atoms with van der Waals surface area (Å²) in [6.07, 6.45) is 7.43. The van der Waals surface area contributed by atoms with E-state index in [1.54, 1.807) is 7.05 Å². The van der Waals surface area contributed by atoms with Crippen molar-refractivity contribution in [1.29, 1.82) is 0 Å². The van der Waals surface area contributed by atoms with Crippen molar-refractivity contribution in [3.63, 3.8) is 0 Å². The van der Waals surface area contributed by atoms with E-state index in [2.05, 4.69) is 34.1 Å². The van der Waals surface area contributed by atoms with Crippen molar-refractivity contribution in [2.75, 3.05) is 20.1 Å². The largest absolute Gasteiger partial charge is 0.489 e. The van der Waals surface area contributed by atoms with Gasteiger partial charge < -0.3 is 30.7 Å². The molecule has 4 N–H and O–H groups in total. The Kier molecular flexibility index (Phi) is 10.9. The molecule has 5 atom stereocenters. The lowest BCUT2D eigenvalue weighted by atomic mass is 9.83. The first-order valence-electron chi connectivity index (χ1n) is 16.4. The van der Waals surface area contributed by atoms with Gasteiger partial charge in [0.2, 0.25) is 17.7 Å². The zero-order valence-corrected chi connectivity index (χ0v) is 26.1. The van der Waals surface area contributed by atoms with Crippen LogP contribution in [0.5, 0.6) is 5.75 Å². The van der Waals surface area contributed by atoms with Gasteiger partial charge in [-0.15, -0.1) is 0 Å². The smallest absolute Gasteiger partial charge is 0.246 e. The van der Waals surface area contributed by atoms with Crippen LogP contribution < -0.4 is 20.7 Å². The highest BCUT2D eigenvalue weighted by Gasteiger charge is 2.39.